The van der Waals surface area contributed by atoms with Gasteiger partial charge in [0.2, 0.25) is 0 Å². The first kappa shape index (κ1) is 13.7. The van der Waals surface area contributed by atoms with Crippen LogP contribution in [0.25, 0.3) is 11.3 Å². The topological polar surface area (TPSA) is 22.1 Å². The number of hydrogen-bond donors (Lipinski definition) is 0. The fourth-order valence-electron chi connectivity index (χ4n) is 1.32. The average Bonchev–Trinajstić information content (AvgIpc) is 2.29. The van der Waals surface area contributed by atoms with E-state index in [1.807, 2.05) is 0 Å². The minimum atomic E-state index is -0.694. The number of pyridine rings is 1. The van der Waals surface area contributed by atoms with E-state index >= 15 is 0 Å². The van der Waals surface area contributed by atoms with E-state index in [-0.39, 0.29) is 25.7 Å². The molecule has 91 valence electrons. The maximum absolute atomic E-state index is 13.4. The fraction of sp³-hybridized carbons (Fsp3) is 0.0833. The van der Waals surface area contributed by atoms with Crippen molar-refractivity contribution in [3.8, 4) is 17.0 Å². The van der Waals surface area contributed by atoms with Crippen LogP contribution >= 0.6 is 0 Å². The van der Waals surface area contributed by atoms with Gasteiger partial charge in [-0.3, -0.25) is 8.78 Å². The summed E-state index contributed by atoms with van der Waals surface area (Å²) in [5.41, 5.74) is 0.483. The second-order valence-corrected chi connectivity index (χ2v) is 3.12. The zero-order chi connectivity index (χ0) is 11.5. The van der Waals surface area contributed by atoms with E-state index in [9.17, 15) is 8.78 Å². The molecule has 1 heterocycles. The molecule has 0 atom stereocenters. The fourth-order valence-corrected chi connectivity index (χ4v) is 1.32. The average molecular weight is 412 g/mol. The van der Waals surface area contributed by atoms with E-state index in [1.54, 1.807) is 12.1 Å². The first-order valence-corrected chi connectivity index (χ1v) is 4.58. The summed E-state index contributed by atoms with van der Waals surface area (Å²) in [4.78, 5) is 3.97. The summed E-state index contributed by atoms with van der Waals surface area (Å²) in [5, 5.41) is 0. The summed E-state index contributed by atoms with van der Waals surface area (Å²) in [6.07, 6.45) is 1.49. The molecule has 5 heteroatoms. The van der Waals surface area contributed by atoms with E-state index in [4.69, 9.17) is 4.74 Å². The Morgan fingerprint density at radius 1 is 1.29 bits per heavy atom. The van der Waals surface area contributed by atoms with Gasteiger partial charge in [-0.2, -0.15) is 0 Å². The SMILES string of the molecule is COc1ccnc(-c2[c-]cc(F)cc2F)c1.[Ir]. The summed E-state index contributed by atoms with van der Waals surface area (Å²) in [6.45, 7) is 0. The summed E-state index contributed by atoms with van der Waals surface area (Å²) in [5.74, 6) is -0.799. The Morgan fingerprint density at radius 3 is 2.71 bits per heavy atom. The Bertz CT molecular complexity index is 520. The van der Waals surface area contributed by atoms with Crippen LogP contribution in [0.5, 0.6) is 5.75 Å². The second-order valence-electron chi connectivity index (χ2n) is 3.12. The van der Waals surface area contributed by atoms with Gasteiger partial charge in [0.15, 0.2) is 0 Å². The number of ether oxygens (including phenoxy) is 1. The summed E-state index contributed by atoms with van der Waals surface area (Å²) >= 11 is 0. The van der Waals surface area contributed by atoms with Crippen LogP contribution in [0.4, 0.5) is 8.78 Å². The van der Waals surface area contributed by atoms with Gasteiger partial charge in [-0.15, -0.1) is 12.1 Å². The van der Waals surface area contributed by atoms with Gasteiger partial charge in [-0.1, -0.05) is 11.6 Å². The van der Waals surface area contributed by atoms with Crippen molar-refractivity contribution >= 4 is 0 Å². The third-order valence-corrected chi connectivity index (χ3v) is 2.08. The smallest absolute Gasteiger partial charge is 0.113 e. The molecule has 0 spiro atoms. The molecular weight excluding hydrogens is 404 g/mol. The largest absolute Gasteiger partial charge is 0.497 e. The Balaban J connectivity index is 0.00000144. The zero-order valence-electron chi connectivity index (χ0n) is 8.83. The Labute approximate surface area is 111 Å². The van der Waals surface area contributed by atoms with Crippen molar-refractivity contribution in [2.75, 3.05) is 7.11 Å². The maximum Gasteiger partial charge on any atom is 0.113 e. The van der Waals surface area contributed by atoms with Crippen molar-refractivity contribution in [2.45, 2.75) is 0 Å². The summed E-state index contributed by atoms with van der Waals surface area (Å²) < 4.78 is 31.1. The molecule has 1 aromatic heterocycles. The molecule has 2 aromatic rings. The minimum Gasteiger partial charge on any atom is -0.497 e. The van der Waals surface area contributed by atoms with E-state index in [1.165, 1.54) is 13.3 Å². The van der Waals surface area contributed by atoms with Gasteiger partial charge in [-0.05, 0) is 17.8 Å². The molecule has 0 bridgehead atoms. The number of halogens is 2. The third-order valence-electron chi connectivity index (χ3n) is 2.08. The van der Waals surface area contributed by atoms with Crippen molar-refractivity contribution in [1.29, 1.82) is 0 Å². The van der Waals surface area contributed by atoms with Crippen molar-refractivity contribution in [1.82, 2.24) is 4.98 Å². The van der Waals surface area contributed by atoms with Gasteiger partial charge >= 0.3 is 0 Å². The van der Waals surface area contributed by atoms with Crippen molar-refractivity contribution in [3.05, 3.63) is 48.2 Å². The van der Waals surface area contributed by atoms with Crippen LogP contribution in [0.1, 0.15) is 0 Å². The number of rotatable bonds is 2. The molecule has 0 amide bonds. The molecule has 0 aliphatic heterocycles. The van der Waals surface area contributed by atoms with Crippen LogP contribution in [0, 0.1) is 17.7 Å². The van der Waals surface area contributed by atoms with E-state index in [0.717, 1.165) is 12.1 Å². The molecule has 1 radical (unpaired) electrons. The van der Waals surface area contributed by atoms with Crippen LogP contribution in [0.15, 0.2) is 30.5 Å². The molecule has 17 heavy (non-hydrogen) atoms. The first-order valence-electron chi connectivity index (χ1n) is 4.58. The minimum absolute atomic E-state index is 0. The number of methoxy groups -OCH3 is 1. The Kier molecular flexibility index (Phi) is 4.72. The van der Waals surface area contributed by atoms with E-state index < -0.39 is 11.6 Å². The zero-order valence-corrected chi connectivity index (χ0v) is 11.2. The molecule has 0 fully saturated rings. The first-order chi connectivity index (χ1) is 7.70. The molecule has 0 N–H and O–H groups in total. The van der Waals surface area contributed by atoms with Gasteiger partial charge in [0.05, 0.1) is 7.11 Å². The van der Waals surface area contributed by atoms with Gasteiger partial charge in [-0.25, -0.2) is 0 Å². The molecule has 0 saturated heterocycles. The summed E-state index contributed by atoms with van der Waals surface area (Å²) in [7, 11) is 1.50. The van der Waals surface area contributed by atoms with Gasteiger partial charge in [0, 0.05) is 37.9 Å². The monoisotopic (exact) mass is 413 g/mol. The van der Waals surface area contributed by atoms with Crippen molar-refractivity contribution in [2.24, 2.45) is 0 Å². The molecular formula is C12H8F2IrNO-. The van der Waals surface area contributed by atoms with Crippen molar-refractivity contribution in [3.63, 3.8) is 0 Å². The van der Waals surface area contributed by atoms with E-state index in [0.29, 0.717) is 11.4 Å². The van der Waals surface area contributed by atoms with Crippen LogP contribution < -0.4 is 4.74 Å². The second kappa shape index (κ2) is 5.84. The summed E-state index contributed by atoms with van der Waals surface area (Å²) in [6, 6.07) is 7.58. The molecule has 0 saturated carbocycles. The molecule has 0 aliphatic rings. The molecule has 0 unspecified atom stereocenters. The van der Waals surface area contributed by atoms with Gasteiger partial charge in [0.1, 0.15) is 5.75 Å². The molecule has 1 aromatic carbocycles. The van der Waals surface area contributed by atoms with Crippen LogP contribution in [-0.4, -0.2) is 12.1 Å². The third kappa shape index (κ3) is 3.08. The predicted octanol–water partition coefficient (Wildman–Crippen LogP) is 2.83. The van der Waals surface area contributed by atoms with Crippen molar-refractivity contribution < 1.29 is 33.6 Å². The molecule has 2 nitrogen and oxygen atoms in total. The molecule has 0 aliphatic carbocycles. The number of nitrogens with zero attached hydrogens (tertiary/aromatic N) is 1. The van der Waals surface area contributed by atoms with Gasteiger partial charge < -0.3 is 9.72 Å². The standard InChI is InChI=1S/C12H8F2NO.Ir/c1-16-9-4-5-15-12(7-9)10-3-2-8(13)6-11(10)14;/h2,4-7H,1H3;/q-1;. The number of hydrogen-bond acceptors (Lipinski definition) is 2. The van der Waals surface area contributed by atoms with E-state index in [2.05, 4.69) is 11.1 Å². The van der Waals surface area contributed by atoms with Crippen LogP contribution in [0.3, 0.4) is 0 Å². The maximum atomic E-state index is 13.4. The Hall–Kier alpha value is -1.32. The Morgan fingerprint density at radius 2 is 2.06 bits per heavy atom. The quantitative estimate of drug-likeness (QED) is 0.708. The number of benzene rings is 1. The number of aromatic nitrogens is 1. The van der Waals surface area contributed by atoms with Gasteiger partial charge in [0.25, 0.3) is 0 Å². The molecule has 2 rings (SSSR count). The normalized spacial score (nSPS) is 9.59. The van der Waals surface area contributed by atoms with Crippen LogP contribution in [-0.2, 0) is 20.1 Å². The predicted molar refractivity (Wildman–Crippen MR) is 55.0 cm³/mol. The van der Waals surface area contributed by atoms with Crippen LogP contribution in [0.2, 0.25) is 0 Å².